The summed E-state index contributed by atoms with van der Waals surface area (Å²) in [6.45, 7) is -1.52. The molecule has 0 saturated heterocycles. The first-order chi connectivity index (χ1) is 17.0. The molecular weight excluding hydrogens is 684 g/mol. The second kappa shape index (κ2) is 11.2. The molecule has 1 saturated carbocycles. The molecule has 0 heterocycles. The number of benzene rings is 2. The summed E-state index contributed by atoms with van der Waals surface area (Å²) in [4.78, 5) is 24.8. The third-order valence-corrected chi connectivity index (χ3v) is 7.51. The summed E-state index contributed by atoms with van der Waals surface area (Å²) in [6, 6.07) is 6.35. The molecule has 200 valence electrons. The van der Waals surface area contributed by atoms with Gasteiger partial charge in [0.05, 0.1) is 26.5 Å². The summed E-state index contributed by atoms with van der Waals surface area (Å²) < 4.78 is 78.7. The fourth-order valence-electron chi connectivity index (χ4n) is 3.36. The highest BCUT2D eigenvalue weighted by atomic mass is 127. The van der Waals surface area contributed by atoms with Crippen LogP contribution in [0.2, 0.25) is 15.1 Å². The molecule has 4 nitrogen and oxygen atoms in total. The Bertz CT molecular complexity index is 1220. The van der Waals surface area contributed by atoms with Gasteiger partial charge in [-0.1, -0.05) is 53.0 Å². The molecular formula is C23H16Cl3F6IN2O2. The molecule has 3 rings (SSSR count). The Kier molecular flexibility index (Phi) is 9.03. The van der Waals surface area contributed by atoms with Gasteiger partial charge in [0.15, 0.2) is 0 Å². The smallest absolute Gasteiger partial charge is 0.345 e. The van der Waals surface area contributed by atoms with E-state index in [9.17, 15) is 35.9 Å². The first-order valence-corrected chi connectivity index (χ1v) is 12.6. The van der Waals surface area contributed by atoms with Crippen molar-refractivity contribution < 1.29 is 35.9 Å². The van der Waals surface area contributed by atoms with Crippen LogP contribution in [0.3, 0.4) is 0 Å². The SMILES string of the molecule is O=C(NC1(C(=O)NCC(F)(F)F)CC1)c1ccc(/C=C/C(c2cc(Cl)c(Cl)c(Cl)c2)C(F)(F)F)cc1I. The zero-order valence-electron chi connectivity index (χ0n) is 18.3. The highest BCUT2D eigenvalue weighted by molar-refractivity contribution is 14.1. The number of allylic oxidation sites excluding steroid dienone is 1. The Balaban J connectivity index is 1.76. The van der Waals surface area contributed by atoms with Crippen molar-refractivity contribution >= 4 is 75.3 Å². The lowest BCUT2D eigenvalue weighted by Gasteiger charge is -2.19. The van der Waals surface area contributed by atoms with Crippen LogP contribution in [0.5, 0.6) is 0 Å². The second-order valence-corrected chi connectivity index (χ2v) is 10.6. The average molecular weight is 700 g/mol. The summed E-state index contributed by atoms with van der Waals surface area (Å²) in [5, 5.41) is 3.91. The predicted molar refractivity (Wildman–Crippen MR) is 137 cm³/mol. The summed E-state index contributed by atoms with van der Waals surface area (Å²) in [6.07, 6.45) is -6.79. The van der Waals surface area contributed by atoms with Crippen LogP contribution in [-0.4, -0.2) is 36.3 Å². The van der Waals surface area contributed by atoms with Gasteiger partial charge in [-0.05, 0) is 70.8 Å². The number of hydrogen-bond acceptors (Lipinski definition) is 2. The first kappa shape index (κ1) is 29.9. The highest BCUT2D eigenvalue weighted by Gasteiger charge is 2.52. The molecule has 1 aliphatic carbocycles. The number of rotatable bonds is 7. The van der Waals surface area contributed by atoms with E-state index in [1.807, 2.05) is 0 Å². The van der Waals surface area contributed by atoms with Gasteiger partial charge in [0.1, 0.15) is 12.1 Å². The van der Waals surface area contributed by atoms with Gasteiger partial charge in [-0.15, -0.1) is 0 Å². The van der Waals surface area contributed by atoms with Crippen LogP contribution >= 0.6 is 57.4 Å². The molecule has 37 heavy (non-hydrogen) atoms. The van der Waals surface area contributed by atoms with E-state index >= 15 is 0 Å². The maximum absolute atomic E-state index is 13.8. The molecule has 1 fully saturated rings. The van der Waals surface area contributed by atoms with Crippen LogP contribution < -0.4 is 10.6 Å². The minimum atomic E-state index is -4.67. The first-order valence-electron chi connectivity index (χ1n) is 10.4. The third kappa shape index (κ3) is 7.67. The topological polar surface area (TPSA) is 58.2 Å². The second-order valence-electron chi connectivity index (χ2n) is 8.25. The van der Waals surface area contributed by atoms with Gasteiger partial charge >= 0.3 is 12.4 Å². The van der Waals surface area contributed by atoms with E-state index in [0.29, 0.717) is 9.13 Å². The van der Waals surface area contributed by atoms with Crippen molar-refractivity contribution in [2.45, 2.75) is 36.7 Å². The van der Waals surface area contributed by atoms with Gasteiger partial charge in [-0.25, -0.2) is 0 Å². The van der Waals surface area contributed by atoms with Crippen molar-refractivity contribution in [3.63, 3.8) is 0 Å². The lowest BCUT2D eigenvalue weighted by Crippen LogP contribution is -2.50. The van der Waals surface area contributed by atoms with E-state index in [4.69, 9.17) is 34.8 Å². The fraction of sp³-hybridized carbons (Fsp3) is 0.304. The summed E-state index contributed by atoms with van der Waals surface area (Å²) in [5.41, 5.74) is -1.19. The molecule has 0 spiro atoms. The zero-order valence-corrected chi connectivity index (χ0v) is 22.8. The quantitative estimate of drug-likeness (QED) is 0.178. The van der Waals surface area contributed by atoms with E-state index < -0.39 is 42.2 Å². The van der Waals surface area contributed by atoms with Crippen molar-refractivity contribution in [1.82, 2.24) is 10.6 Å². The fourth-order valence-corrected chi connectivity index (χ4v) is 4.76. The van der Waals surface area contributed by atoms with E-state index in [-0.39, 0.29) is 39.0 Å². The maximum Gasteiger partial charge on any atom is 0.405 e. The summed E-state index contributed by atoms with van der Waals surface area (Å²) in [7, 11) is 0. The Morgan fingerprint density at radius 3 is 2.11 bits per heavy atom. The Morgan fingerprint density at radius 1 is 1.03 bits per heavy atom. The minimum absolute atomic E-state index is 0.0637. The molecule has 0 radical (unpaired) electrons. The highest BCUT2D eigenvalue weighted by Crippen LogP contribution is 2.41. The number of carbonyl (C=O) groups excluding carboxylic acids is 2. The van der Waals surface area contributed by atoms with Gasteiger partial charge in [0.25, 0.3) is 5.91 Å². The Hall–Kier alpha value is -1.70. The molecule has 2 N–H and O–H groups in total. The Morgan fingerprint density at radius 2 is 1.62 bits per heavy atom. The number of nitrogens with one attached hydrogen (secondary N) is 2. The predicted octanol–water partition coefficient (Wildman–Crippen LogP) is 7.55. The molecule has 1 aliphatic rings. The van der Waals surface area contributed by atoms with Crippen LogP contribution in [0.25, 0.3) is 6.08 Å². The molecule has 14 heteroatoms. The number of carbonyl (C=O) groups is 2. The molecule has 1 atom stereocenters. The van der Waals surface area contributed by atoms with E-state index in [0.717, 1.165) is 18.2 Å². The van der Waals surface area contributed by atoms with Crippen molar-refractivity contribution in [3.8, 4) is 0 Å². The summed E-state index contributed by atoms with van der Waals surface area (Å²) in [5.74, 6) is -3.68. The standard InChI is InChI=1S/C23H16Cl3F6IN2O2/c24-15-8-12(9-16(25)18(15)26)14(23(30,31)32)4-2-11-1-3-13(17(33)7-11)19(36)35-21(5-6-21)20(37)34-10-22(27,28)29/h1-4,7-9,14H,5-6,10H2,(H,34,37)(H,35,36)/b4-2+. The molecule has 2 aromatic rings. The lowest BCUT2D eigenvalue weighted by molar-refractivity contribution is -0.140. The van der Waals surface area contributed by atoms with Crippen molar-refractivity contribution in [2.75, 3.05) is 6.54 Å². The Labute approximate surface area is 235 Å². The molecule has 0 aliphatic heterocycles. The molecule has 2 amide bonds. The largest absolute Gasteiger partial charge is 0.405 e. The number of alkyl halides is 6. The molecule has 0 bridgehead atoms. The number of halogens is 10. The third-order valence-electron chi connectivity index (χ3n) is 5.42. The molecule has 1 unspecified atom stereocenters. The number of hydrogen-bond donors (Lipinski definition) is 2. The van der Waals surface area contributed by atoms with Crippen molar-refractivity contribution in [2.24, 2.45) is 0 Å². The van der Waals surface area contributed by atoms with E-state index in [1.165, 1.54) is 24.3 Å². The van der Waals surface area contributed by atoms with Crippen LogP contribution in [0.15, 0.2) is 36.4 Å². The van der Waals surface area contributed by atoms with Crippen LogP contribution in [-0.2, 0) is 4.79 Å². The zero-order chi connectivity index (χ0) is 27.8. The van der Waals surface area contributed by atoms with Gasteiger partial charge in [-0.3, -0.25) is 9.59 Å². The van der Waals surface area contributed by atoms with Gasteiger partial charge in [0, 0.05) is 3.57 Å². The van der Waals surface area contributed by atoms with Gasteiger partial charge in [-0.2, -0.15) is 26.3 Å². The van der Waals surface area contributed by atoms with Crippen molar-refractivity contribution in [3.05, 3.63) is 71.7 Å². The van der Waals surface area contributed by atoms with E-state index in [1.54, 1.807) is 27.9 Å². The van der Waals surface area contributed by atoms with Crippen LogP contribution in [0.1, 0.15) is 40.2 Å². The average Bonchev–Trinajstić information content (AvgIpc) is 3.55. The van der Waals surface area contributed by atoms with Crippen molar-refractivity contribution in [1.29, 1.82) is 0 Å². The monoisotopic (exact) mass is 698 g/mol. The van der Waals surface area contributed by atoms with Crippen LogP contribution in [0, 0.1) is 3.57 Å². The molecule has 0 aromatic heterocycles. The molecule has 2 aromatic carbocycles. The van der Waals surface area contributed by atoms with Crippen LogP contribution in [0.4, 0.5) is 26.3 Å². The van der Waals surface area contributed by atoms with E-state index in [2.05, 4.69) is 5.32 Å². The normalized spacial score (nSPS) is 15.9. The maximum atomic E-state index is 13.8. The lowest BCUT2D eigenvalue weighted by atomic mass is 9.97. The minimum Gasteiger partial charge on any atom is -0.345 e. The van der Waals surface area contributed by atoms with Gasteiger partial charge < -0.3 is 10.6 Å². The summed E-state index contributed by atoms with van der Waals surface area (Å²) >= 11 is 19.4. The number of amides is 2. The van der Waals surface area contributed by atoms with Gasteiger partial charge in [0.2, 0.25) is 5.91 Å².